The molecule has 0 aliphatic heterocycles. The summed E-state index contributed by atoms with van der Waals surface area (Å²) in [6.07, 6.45) is 1.59. The Morgan fingerprint density at radius 3 is 2.57 bits per heavy atom. The number of hydrogen-bond donors (Lipinski definition) is 3. The van der Waals surface area contributed by atoms with Crippen LogP contribution >= 0.6 is 0 Å². The summed E-state index contributed by atoms with van der Waals surface area (Å²) in [7, 11) is 0. The predicted molar refractivity (Wildman–Crippen MR) is 85.5 cm³/mol. The largest absolute Gasteiger partial charge is 0.457 e. The van der Waals surface area contributed by atoms with E-state index < -0.39 is 0 Å². The second-order valence-corrected chi connectivity index (χ2v) is 4.70. The molecule has 0 aromatic heterocycles. The molecule has 0 atom stereocenters. The topological polar surface area (TPSA) is 71.1 Å². The van der Waals surface area contributed by atoms with Gasteiger partial charge in [-0.05, 0) is 42.8 Å². The molecule has 108 valence electrons. The number of benzene rings is 2. The molecule has 21 heavy (non-hydrogen) atoms. The van der Waals surface area contributed by atoms with Crippen molar-refractivity contribution in [3.8, 4) is 11.5 Å². The number of nitrogens with one attached hydrogen (secondary N) is 2. The van der Waals surface area contributed by atoms with Crippen molar-refractivity contribution in [3.63, 3.8) is 0 Å². The van der Waals surface area contributed by atoms with Crippen LogP contribution in [0.3, 0.4) is 0 Å². The third-order valence-corrected chi connectivity index (χ3v) is 2.75. The first-order valence-electron chi connectivity index (χ1n) is 6.71. The maximum atomic E-state index is 7.35. The molecular formula is C17H19N3O. The van der Waals surface area contributed by atoms with Crippen molar-refractivity contribution in [2.45, 2.75) is 13.5 Å². The van der Waals surface area contributed by atoms with Crippen LogP contribution in [0, 0.1) is 5.41 Å². The van der Waals surface area contributed by atoms with Gasteiger partial charge in [0.15, 0.2) is 0 Å². The Bertz CT molecular complexity index is 635. The fraction of sp³-hybridized carbons (Fsp3) is 0.118. The van der Waals surface area contributed by atoms with Crippen LogP contribution in [0.4, 0.5) is 0 Å². The normalized spacial score (nSPS) is 11.0. The summed E-state index contributed by atoms with van der Waals surface area (Å²) >= 11 is 0. The van der Waals surface area contributed by atoms with E-state index in [4.69, 9.17) is 15.9 Å². The fourth-order valence-corrected chi connectivity index (χ4v) is 1.83. The van der Waals surface area contributed by atoms with Crippen molar-refractivity contribution in [1.82, 2.24) is 5.32 Å². The molecule has 0 radical (unpaired) electrons. The Kier molecular flexibility index (Phi) is 4.99. The van der Waals surface area contributed by atoms with Crippen molar-refractivity contribution < 1.29 is 4.74 Å². The van der Waals surface area contributed by atoms with E-state index in [1.807, 2.05) is 54.6 Å². The van der Waals surface area contributed by atoms with Gasteiger partial charge in [0.25, 0.3) is 0 Å². The summed E-state index contributed by atoms with van der Waals surface area (Å²) in [6.45, 7) is 2.27. The zero-order valence-electron chi connectivity index (χ0n) is 12.0. The van der Waals surface area contributed by atoms with E-state index in [9.17, 15) is 0 Å². The highest BCUT2D eigenvalue weighted by atomic mass is 16.5. The molecule has 0 aliphatic rings. The molecule has 4 heteroatoms. The third kappa shape index (κ3) is 5.03. The van der Waals surface area contributed by atoms with Crippen LogP contribution in [0.15, 0.2) is 66.5 Å². The zero-order chi connectivity index (χ0) is 15.1. The first kappa shape index (κ1) is 14.7. The number of nitrogens with two attached hydrogens (primary N) is 1. The monoisotopic (exact) mass is 281 g/mol. The summed E-state index contributed by atoms with van der Waals surface area (Å²) in [4.78, 5) is 0. The van der Waals surface area contributed by atoms with Gasteiger partial charge in [-0.25, -0.2) is 0 Å². The van der Waals surface area contributed by atoms with Gasteiger partial charge in [-0.1, -0.05) is 30.3 Å². The molecule has 0 spiro atoms. The predicted octanol–water partition coefficient (Wildman–Crippen LogP) is 3.41. The lowest BCUT2D eigenvalue weighted by Crippen LogP contribution is -2.20. The van der Waals surface area contributed by atoms with Gasteiger partial charge in [0.05, 0.1) is 5.82 Å². The number of ether oxygens (including phenoxy) is 1. The van der Waals surface area contributed by atoms with Gasteiger partial charge in [-0.15, -0.1) is 0 Å². The van der Waals surface area contributed by atoms with Crippen molar-refractivity contribution in [2.75, 3.05) is 0 Å². The summed E-state index contributed by atoms with van der Waals surface area (Å²) < 4.78 is 5.78. The number of hydrogen-bond acceptors (Lipinski definition) is 4. The molecule has 0 aliphatic carbocycles. The van der Waals surface area contributed by atoms with Crippen LogP contribution in [0.25, 0.3) is 0 Å². The lowest BCUT2D eigenvalue weighted by Gasteiger charge is -2.09. The molecule has 2 aromatic rings. The summed E-state index contributed by atoms with van der Waals surface area (Å²) in [5, 5.41) is 10.4. The van der Waals surface area contributed by atoms with Crippen LogP contribution in [-0.2, 0) is 6.54 Å². The second kappa shape index (κ2) is 7.14. The minimum absolute atomic E-state index is 0.418. The Hall–Kier alpha value is -2.75. The second-order valence-electron chi connectivity index (χ2n) is 4.70. The van der Waals surface area contributed by atoms with Gasteiger partial charge in [-0.3, -0.25) is 0 Å². The van der Waals surface area contributed by atoms with Crippen molar-refractivity contribution >= 4 is 5.71 Å². The number of rotatable bonds is 6. The smallest absolute Gasteiger partial charge is 0.127 e. The van der Waals surface area contributed by atoms with Gasteiger partial charge >= 0.3 is 0 Å². The Morgan fingerprint density at radius 1 is 1.14 bits per heavy atom. The van der Waals surface area contributed by atoms with E-state index in [2.05, 4.69) is 5.32 Å². The molecule has 2 rings (SSSR count). The SMILES string of the molecule is CC(=N)/C=C(/N)NCc1cccc(Oc2ccccc2)c1. The van der Waals surface area contributed by atoms with Crippen LogP contribution in [0.5, 0.6) is 11.5 Å². The Balaban J connectivity index is 1.99. The molecule has 0 amide bonds. The van der Waals surface area contributed by atoms with E-state index in [0.29, 0.717) is 18.1 Å². The Morgan fingerprint density at radius 2 is 1.86 bits per heavy atom. The van der Waals surface area contributed by atoms with Crippen LogP contribution in [0.1, 0.15) is 12.5 Å². The Labute approximate surface area is 124 Å². The van der Waals surface area contributed by atoms with Crippen molar-refractivity contribution in [2.24, 2.45) is 5.73 Å². The zero-order valence-corrected chi connectivity index (χ0v) is 12.0. The van der Waals surface area contributed by atoms with E-state index in [0.717, 1.165) is 17.1 Å². The van der Waals surface area contributed by atoms with Gasteiger partial charge in [-0.2, -0.15) is 0 Å². The summed E-state index contributed by atoms with van der Waals surface area (Å²) in [5.74, 6) is 2.07. The molecule has 0 bridgehead atoms. The average Bonchev–Trinajstić information content (AvgIpc) is 2.46. The molecule has 0 saturated carbocycles. The van der Waals surface area contributed by atoms with Gasteiger partial charge in [0.1, 0.15) is 11.5 Å². The lowest BCUT2D eigenvalue weighted by atomic mass is 10.2. The van der Waals surface area contributed by atoms with Crippen LogP contribution in [-0.4, -0.2) is 5.71 Å². The van der Waals surface area contributed by atoms with Gasteiger partial charge < -0.3 is 21.2 Å². The minimum atomic E-state index is 0.418. The highest BCUT2D eigenvalue weighted by Crippen LogP contribution is 2.21. The maximum absolute atomic E-state index is 7.35. The fourth-order valence-electron chi connectivity index (χ4n) is 1.83. The lowest BCUT2D eigenvalue weighted by molar-refractivity contribution is 0.482. The van der Waals surface area contributed by atoms with E-state index in [1.165, 1.54) is 0 Å². The number of para-hydroxylation sites is 1. The van der Waals surface area contributed by atoms with Crippen molar-refractivity contribution in [1.29, 1.82) is 5.41 Å². The highest BCUT2D eigenvalue weighted by Gasteiger charge is 1.99. The van der Waals surface area contributed by atoms with E-state index in [1.54, 1.807) is 13.0 Å². The van der Waals surface area contributed by atoms with Crippen LogP contribution < -0.4 is 15.8 Å². The molecular weight excluding hydrogens is 262 g/mol. The molecule has 0 saturated heterocycles. The molecule has 4 N–H and O–H groups in total. The maximum Gasteiger partial charge on any atom is 0.127 e. The summed E-state index contributed by atoms with van der Waals surface area (Å²) in [6, 6.07) is 17.5. The third-order valence-electron chi connectivity index (χ3n) is 2.75. The van der Waals surface area contributed by atoms with E-state index >= 15 is 0 Å². The molecule has 0 heterocycles. The minimum Gasteiger partial charge on any atom is -0.457 e. The summed E-state index contributed by atoms with van der Waals surface area (Å²) in [5.41, 5.74) is 7.24. The van der Waals surface area contributed by atoms with Gasteiger partial charge in [0, 0.05) is 12.3 Å². The molecule has 0 unspecified atom stereocenters. The molecule has 4 nitrogen and oxygen atoms in total. The quantitative estimate of drug-likeness (QED) is 0.711. The standard InChI is InChI=1S/C17H19N3O/c1-13(18)10-17(19)20-12-14-6-5-9-16(11-14)21-15-7-3-2-4-8-15/h2-11,18,20H,12,19H2,1H3/b17-10-,18-13?. The van der Waals surface area contributed by atoms with Crippen molar-refractivity contribution in [3.05, 3.63) is 72.1 Å². The highest BCUT2D eigenvalue weighted by molar-refractivity contribution is 5.90. The average molecular weight is 281 g/mol. The first-order valence-corrected chi connectivity index (χ1v) is 6.71. The molecule has 0 fully saturated rings. The molecule has 2 aromatic carbocycles. The number of allylic oxidation sites excluding steroid dienone is 1. The van der Waals surface area contributed by atoms with E-state index in [-0.39, 0.29) is 0 Å². The van der Waals surface area contributed by atoms with Crippen LogP contribution in [0.2, 0.25) is 0 Å². The van der Waals surface area contributed by atoms with Gasteiger partial charge in [0.2, 0.25) is 0 Å². The first-order chi connectivity index (χ1) is 10.1.